The molecule has 5 nitrogen and oxygen atoms in total. The van der Waals surface area contributed by atoms with Crippen molar-refractivity contribution in [2.24, 2.45) is 17.8 Å². The number of ether oxygens (including phenoxy) is 2. The van der Waals surface area contributed by atoms with Crippen molar-refractivity contribution in [3.05, 3.63) is 23.3 Å². The smallest absolute Gasteiger partial charge is 0.290 e. The molecule has 3 rings (SSSR count). The second-order valence-electron chi connectivity index (χ2n) is 9.15. The minimum absolute atomic E-state index is 0.250. The minimum atomic E-state index is -0.250. The van der Waals surface area contributed by atoms with Gasteiger partial charge >= 0.3 is 0 Å². The lowest BCUT2D eigenvalue weighted by Crippen LogP contribution is -2.42. The van der Waals surface area contributed by atoms with Crippen molar-refractivity contribution in [2.45, 2.75) is 72.8 Å². The SMILES string of the molecule is CCC(C)C.COc1cc2c(cc1OC)C1CCC(CC(C)C)CN1CC2.O=CO. The van der Waals surface area contributed by atoms with E-state index >= 15 is 0 Å². The molecule has 0 bridgehead atoms. The van der Waals surface area contributed by atoms with Gasteiger partial charge in [-0.1, -0.05) is 41.0 Å². The van der Waals surface area contributed by atoms with Crippen LogP contribution < -0.4 is 9.47 Å². The molecule has 0 saturated carbocycles. The summed E-state index contributed by atoms with van der Waals surface area (Å²) in [5.41, 5.74) is 2.91. The van der Waals surface area contributed by atoms with Gasteiger partial charge in [0.15, 0.2) is 11.5 Å². The normalized spacial score (nSPS) is 20.2. The Morgan fingerprint density at radius 2 is 1.67 bits per heavy atom. The predicted molar refractivity (Wildman–Crippen MR) is 124 cm³/mol. The lowest BCUT2D eigenvalue weighted by molar-refractivity contribution is -0.122. The number of hydrogen-bond donors (Lipinski definition) is 1. The number of hydrogen-bond acceptors (Lipinski definition) is 4. The predicted octanol–water partition coefficient (Wildman–Crippen LogP) is 5.81. The molecule has 0 aliphatic carbocycles. The summed E-state index contributed by atoms with van der Waals surface area (Å²) in [4.78, 5) is 11.1. The molecule has 1 aromatic rings. The second kappa shape index (κ2) is 13.5. The molecule has 2 aliphatic heterocycles. The molecule has 172 valence electrons. The van der Waals surface area contributed by atoms with Gasteiger partial charge in [-0.3, -0.25) is 9.69 Å². The van der Waals surface area contributed by atoms with Crippen LogP contribution in [0, 0.1) is 17.8 Å². The molecule has 0 spiro atoms. The van der Waals surface area contributed by atoms with Crippen LogP contribution in [0.1, 0.15) is 77.5 Å². The first-order valence-electron chi connectivity index (χ1n) is 11.4. The highest BCUT2D eigenvalue weighted by Gasteiger charge is 2.34. The number of piperidine rings is 1. The van der Waals surface area contributed by atoms with E-state index in [0.29, 0.717) is 6.04 Å². The van der Waals surface area contributed by atoms with Gasteiger partial charge in [0.2, 0.25) is 0 Å². The highest BCUT2D eigenvalue weighted by atomic mass is 16.5. The first kappa shape index (κ1) is 26.3. The van der Waals surface area contributed by atoms with E-state index in [2.05, 4.69) is 51.7 Å². The molecule has 0 radical (unpaired) electrons. The molecule has 0 amide bonds. The first-order chi connectivity index (χ1) is 14.3. The van der Waals surface area contributed by atoms with Crippen LogP contribution in [0.25, 0.3) is 0 Å². The third-order valence-corrected chi connectivity index (χ3v) is 6.08. The van der Waals surface area contributed by atoms with Gasteiger partial charge in [-0.15, -0.1) is 0 Å². The van der Waals surface area contributed by atoms with E-state index in [1.165, 1.54) is 49.9 Å². The number of carbonyl (C=O) groups is 1. The Balaban J connectivity index is 0.000000485. The molecule has 1 aromatic carbocycles. The van der Waals surface area contributed by atoms with Crippen LogP contribution in [0.2, 0.25) is 0 Å². The fourth-order valence-corrected chi connectivity index (χ4v) is 4.31. The second-order valence-corrected chi connectivity index (χ2v) is 9.15. The van der Waals surface area contributed by atoms with Crippen LogP contribution in [0.4, 0.5) is 0 Å². The van der Waals surface area contributed by atoms with Gasteiger partial charge in [-0.2, -0.15) is 0 Å². The monoisotopic (exact) mass is 421 g/mol. The van der Waals surface area contributed by atoms with E-state index in [4.69, 9.17) is 19.4 Å². The quantitative estimate of drug-likeness (QED) is 0.608. The summed E-state index contributed by atoms with van der Waals surface area (Å²) in [6.45, 7) is 13.5. The van der Waals surface area contributed by atoms with Crippen molar-refractivity contribution in [3.8, 4) is 11.5 Å². The van der Waals surface area contributed by atoms with Crippen molar-refractivity contribution in [3.63, 3.8) is 0 Å². The zero-order valence-corrected chi connectivity index (χ0v) is 20.1. The summed E-state index contributed by atoms with van der Waals surface area (Å²) in [5.74, 6) is 4.30. The summed E-state index contributed by atoms with van der Waals surface area (Å²) in [6.07, 6.45) is 6.43. The zero-order chi connectivity index (χ0) is 22.7. The van der Waals surface area contributed by atoms with Crippen LogP contribution >= 0.6 is 0 Å². The van der Waals surface area contributed by atoms with E-state index in [0.717, 1.165) is 35.7 Å². The van der Waals surface area contributed by atoms with Gasteiger partial charge in [0.25, 0.3) is 6.47 Å². The fourth-order valence-electron chi connectivity index (χ4n) is 4.31. The Kier molecular flexibility index (Phi) is 11.9. The Morgan fingerprint density at radius 1 is 1.10 bits per heavy atom. The van der Waals surface area contributed by atoms with Gasteiger partial charge in [0, 0.05) is 19.1 Å². The number of rotatable bonds is 5. The molecule has 2 aliphatic rings. The Labute approximate surface area is 183 Å². The van der Waals surface area contributed by atoms with Crippen LogP contribution in [-0.4, -0.2) is 43.8 Å². The average molecular weight is 422 g/mol. The van der Waals surface area contributed by atoms with Crippen LogP contribution in [0.3, 0.4) is 0 Å². The molecule has 1 N–H and O–H groups in total. The summed E-state index contributed by atoms with van der Waals surface area (Å²) in [6, 6.07) is 4.98. The number of nitrogens with zero attached hydrogens (tertiary/aromatic N) is 1. The standard InChI is InChI=1S/C19H29NO2.C5H12.CH2O2/c1-13(2)9-14-5-6-17-16-11-19(22-4)18(21-3)10-15(16)7-8-20(17)12-14;1-4-5(2)3;2-1-3/h10-11,13-14,17H,5-9,12H2,1-4H3;5H,4H2,1-3H3;1H,(H,2,3). The van der Waals surface area contributed by atoms with E-state index in [-0.39, 0.29) is 6.47 Å². The zero-order valence-electron chi connectivity index (χ0n) is 20.1. The topological polar surface area (TPSA) is 59.0 Å². The number of methoxy groups -OCH3 is 2. The Morgan fingerprint density at radius 3 is 2.17 bits per heavy atom. The molecular weight excluding hydrogens is 378 g/mol. The lowest BCUT2D eigenvalue weighted by atomic mass is 9.81. The molecule has 2 unspecified atom stereocenters. The molecule has 0 aromatic heterocycles. The van der Waals surface area contributed by atoms with Crippen molar-refractivity contribution >= 4 is 6.47 Å². The average Bonchev–Trinajstić information content (AvgIpc) is 2.72. The van der Waals surface area contributed by atoms with E-state index in [9.17, 15) is 0 Å². The molecule has 1 saturated heterocycles. The van der Waals surface area contributed by atoms with Gasteiger partial charge < -0.3 is 14.6 Å². The van der Waals surface area contributed by atoms with Gasteiger partial charge in [-0.25, -0.2) is 0 Å². The van der Waals surface area contributed by atoms with Crippen molar-refractivity contribution in [2.75, 3.05) is 27.3 Å². The Hall–Kier alpha value is -1.75. The summed E-state index contributed by atoms with van der Waals surface area (Å²) >= 11 is 0. The van der Waals surface area contributed by atoms with E-state index in [1.54, 1.807) is 14.2 Å². The molecular formula is C25H43NO4. The maximum absolute atomic E-state index is 8.36. The molecule has 2 atom stereocenters. The summed E-state index contributed by atoms with van der Waals surface area (Å²) in [7, 11) is 3.45. The third-order valence-electron chi connectivity index (χ3n) is 6.08. The Bertz CT molecular complexity index is 630. The van der Waals surface area contributed by atoms with Gasteiger partial charge in [-0.05, 0) is 66.7 Å². The van der Waals surface area contributed by atoms with Crippen molar-refractivity contribution in [1.29, 1.82) is 0 Å². The van der Waals surface area contributed by atoms with Crippen molar-refractivity contribution < 1.29 is 19.4 Å². The largest absolute Gasteiger partial charge is 0.493 e. The first-order valence-corrected chi connectivity index (χ1v) is 11.4. The number of benzene rings is 1. The highest BCUT2D eigenvalue weighted by molar-refractivity contribution is 5.49. The van der Waals surface area contributed by atoms with E-state index in [1.807, 2.05) is 0 Å². The third kappa shape index (κ3) is 7.82. The molecule has 1 fully saturated rings. The van der Waals surface area contributed by atoms with Gasteiger partial charge in [0.05, 0.1) is 14.2 Å². The van der Waals surface area contributed by atoms with Crippen LogP contribution in [-0.2, 0) is 11.2 Å². The van der Waals surface area contributed by atoms with Crippen molar-refractivity contribution in [1.82, 2.24) is 4.90 Å². The number of carboxylic acid groups (broad SMARTS) is 1. The highest BCUT2D eigenvalue weighted by Crippen LogP contribution is 2.43. The van der Waals surface area contributed by atoms with Crippen LogP contribution in [0.15, 0.2) is 12.1 Å². The number of fused-ring (bicyclic) bond motifs is 3. The molecule has 30 heavy (non-hydrogen) atoms. The van der Waals surface area contributed by atoms with E-state index < -0.39 is 0 Å². The lowest BCUT2D eigenvalue weighted by Gasteiger charge is -2.44. The maximum Gasteiger partial charge on any atom is 0.290 e. The van der Waals surface area contributed by atoms with Gasteiger partial charge in [0.1, 0.15) is 0 Å². The fraction of sp³-hybridized carbons (Fsp3) is 0.720. The summed E-state index contributed by atoms with van der Waals surface area (Å²) in [5, 5.41) is 6.89. The molecule has 2 heterocycles. The molecule has 5 heteroatoms. The van der Waals surface area contributed by atoms with Crippen LogP contribution in [0.5, 0.6) is 11.5 Å². The minimum Gasteiger partial charge on any atom is -0.493 e. The maximum atomic E-state index is 8.36. The summed E-state index contributed by atoms with van der Waals surface area (Å²) < 4.78 is 11.0.